The third-order valence-corrected chi connectivity index (χ3v) is 5.97. The zero-order chi connectivity index (χ0) is 16.5. The van der Waals surface area contributed by atoms with Gasteiger partial charge >= 0.3 is 0 Å². The number of hydrogen-bond donors (Lipinski definition) is 0. The molecule has 1 unspecified atom stereocenters. The number of amides is 1. The second-order valence-electron chi connectivity index (χ2n) is 6.45. The van der Waals surface area contributed by atoms with E-state index >= 15 is 0 Å². The summed E-state index contributed by atoms with van der Waals surface area (Å²) in [5.74, 6) is 1.13. The van der Waals surface area contributed by atoms with Gasteiger partial charge in [-0.15, -0.1) is 11.8 Å². The van der Waals surface area contributed by atoms with Gasteiger partial charge in [-0.05, 0) is 25.0 Å². The number of fused-ring (bicyclic) bond motifs is 1. The average molecular weight is 343 g/mol. The maximum Gasteiger partial charge on any atom is 0.236 e. The first-order chi connectivity index (χ1) is 11.7. The van der Waals surface area contributed by atoms with Gasteiger partial charge in [-0.1, -0.05) is 23.4 Å². The molecule has 3 heterocycles. The van der Waals surface area contributed by atoms with E-state index in [1.807, 2.05) is 24.0 Å². The van der Waals surface area contributed by atoms with Crippen LogP contribution in [0.1, 0.15) is 17.0 Å². The minimum atomic E-state index is 0.0483. The molecule has 24 heavy (non-hydrogen) atoms. The zero-order valence-corrected chi connectivity index (χ0v) is 14.6. The SMILES string of the molecule is Cc1cc(CN2CCN(C(=O)C3Cc4ccccc4S3)CC2)no1. The van der Waals surface area contributed by atoms with E-state index in [0.29, 0.717) is 0 Å². The third kappa shape index (κ3) is 3.21. The first kappa shape index (κ1) is 15.7. The van der Waals surface area contributed by atoms with Gasteiger partial charge in [0.25, 0.3) is 0 Å². The molecule has 0 N–H and O–H groups in total. The highest BCUT2D eigenvalue weighted by Gasteiger charge is 2.32. The van der Waals surface area contributed by atoms with Crippen LogP contribution in [0.15, 0.2) is 39.8 Å². The van der Waals surface area contributed by atoms with Crippen LogP contribution in [0.4, 0.5) is 0 Å². The van der Waals surface area contributed by atoms with Gasteiger partial charge in [-0.2, -0.15) is 0 Å². The zero-order valence-electron chi connectivity index (χ0n) is 13.8. The second kappa shape index (κ2) is 6.61. The van der Waals surface area contributed by atoms with Crippen molar-refractivity contribution >= 4 is 17.7 Å². The van der Waals surface area contributed by atoms with E-state index in [1.54, 1.807) is 11.8 Å². The van der Waals surface area contributed by atoms with Crippen molar-refractivity contribution in [2.24, 2.45) is 0 Å². The van der Waals surface area contributed by atoms with Gasteiger partial charge in [-0.25, -0.2) is 0 Å². The molecule has 126 valence electrons. The molecule has 4 rings (SSSR count). The van der Waals surface area contributed by atoms with Crippen molar-refractivity contribution in [3.05, 3.63) is 47.3 Å². The Labute approximate surface area is 146 Å². The molecule has 1 aromatic carbocycles. The molecule has 2 aliphatic rings. The van der Waals surface area contributed by atoms with E-state index < -0.39 is 0 Å². The molecule has 1 aromatic heterocycles. The summed E-state index contributed by atoms with van der Waals surface area (Å²) in [5, 5.41) is 4.10. The monoisotopic (exact) mass is 343 g/mol. The van der Waals surface area contributed by atoms with E-state index in [4.69, 9.17) is 4.52 Å². The molecule has 0 saturated carbocycles. The summed E-state index contributed by atoms with van der Waals surface area (Å²) < 4.78 is 5.12. The van der Waals surface area contributed by atoms with Crippen LogP contribution in [0.5, 0.6) is 0 Å². The number of carbonyl (C=O) groups is 1. The number of benzene rings is 1. The Morgan fingerprint density at radius 1 is 1.29 bits per heavy atom. The van der Waals surface area contributed by atoms with E-state index in [-0.39, 0.29) is 11.2 Å². The van der Waals surface area contributed by atoms with Gasteiger partial charge in [0.2, 0.25) is 5.91 Å². The number of aryl methyl sites for hydroxylation is 1. The Morgan fingerprint density at radius 3 is 2.79 bits per heavy atom. The van der Waals surface area contributed by atoms with Crippen LogP contribution in [-0.2, 0) is 17.8 Å². The quantitative estimate of drug-likeness (QED) is 0.856. The van der Waals surface area contributed by atoms with Crippen LogP contribution < -0.4 is 0 Å². The lowest BCUT2D eigenvalue weighted by Crippen LogP contribution is -2.50. The molecule has 0 spiro atoms. The molecule has 2 aromatic rings. The van der Waals surface area contributed by atoms with E-state index in [9.17, 15) is 4.79 Å². The molecule has 2 aliphatic heterocycles. The largest absolute Gasteiger partial charge is 0.361 e. The minimum absolute atomic E-state index is 0.0483. The van der Waals surface area contributed by atoms with Crippen LogP contribution in [0.25, 0.3) is 0 Å². The molecule has 0 bridgehead atoms. The molecular weight excluding hydrogens is 322 g/mol. The summed E-state index contributed by atoms with van der Waals surface area (Å²) in [7, 11) is 0. The maximum atomic E-state index is 12.8. The van der Waals surface area contributed by atoms with Gasteiger partial charge in [0.1, 0.15) is 5.76 Å². The molecular formula is C18H21N3O2S. The number of thioether (sulfide) groups is 1. The van der Waals surface area contributed by atoms with Crippen LogP contribution >= 0.6 is 11.8 Å². The molecule has 1 saturated heterocycles. The number of piperazine rings is 1. The Bertz CT molecular complexity index is 712. The normalized spacial score (nSPS) is 21.0. The van der Waals surface area contributed by atoms with Crippen LogP contribution in [-0.4, -0.2) is 52.3 Å². The number of aromatic nitrogens is 1. The Balaban J connectivity index is 1.31. The molecule has 1 fully saturated rings. The number of hydrogen-bond acceptors (Lipinski definition) is 5. The Morgan fingerprint density at radius 2 is 2.08 bits per heavy atom. The molecule has 5 nitrogen and oxygen atoms in total. The minimum Gasteiger partial charge on any atom is -0.361 e. The van der Waals surface area contributed by atoms with Gasteiger partial charge in [0, 0.05) is 43.7 Å². The Kier molecular flexibility index (Phi) is 4.33. The summed E-state index contributed by atoms with van der Waals surface area (Å²) >= 11 is 1.72. The van der Waals surface area contributed by atoms with Gasteiger partial charge in [0.15, 0.2) is 0 Å². The topological polar surface area (TPSA) is 49.6 Å². The third-order valence-electron chi connectivity index (χ3n) is 4.67. The van der Waals surface area contributed by atoms with Crippen LogP contribution in [0, 0.1) is 6.92 Å². The maximum absolute atomic E-state index is 12.8. The Hall–Kier alpha value is -1.79. The summed E-state index contributed by atoms with van der Waals surface area (Å²) in [4.78, 5) is 18.4. The first-order valence-corrected chi connectivity index (χ1v) is 9.25. The van der Waals surface area contributed by atoms with Crippen LogP contribution in [0.2, 0.25) is 0 Å². The van der Waals surface area contributed by atoms with Crippen molar-refractivity contribution in [1.29, 1.82) is 0 Å². The number of rotatable bonds is 3. The van der Waals surface area contributed by atoms with Crippen molar-refractivity contribution in [1.82, 2.24) is 15.0 Å². The highest BCUT2D eigenvalue weighted by atomic mass is 32.2. The van der Waals surface area contributed by atoms with Crippen LogP contribution in [0.3, 0.4) is 0 Å². The van der Waals surface area contributed by atoms with Crippen molar-refractivity contribution in [3.63, 3.8) is 0 Å². The second-order valence-corrected chi connectivity index (χ2v) is 7.69. The van der Waals surface area contributed by atoms with Crippen molar-refractivity contribution in [2.75, 3.05) is 26.2 Å². The predicted molar refractivity (Wildman–Crippen MR) is 92.9 cm³/mol. The smallest absolute Gasteiger partial charge is 0.236 e. The molecule has 0 aliphatic carbocycles. The highest BCUT2D eigenvalue weighted by Crippen LogP contribution is 2.37. The lowest BCUT2D eigenvalue weighted by Gasteiger charge is -2.35. The highest BCUT2D eigenvalue weighted by molar-refractivity contribution is 8.01. The van der Waals surface area contributed by atoms with Crippen molar-refractivity contribution in [2.45, 2.75) is 30.0 Å². The van der Waals surface area contributed by atoms with E-state index in [0.717, 1.165) is 50.6 Å². The summed E-state index contributed by atoms with van der Waals surface area (Å²) in [6, 6.07) is 10.3. The molecule has 0 radical (unpaired) electrons. The molecule has 1 amide bonds. The first-order valence-electron chi connectivity index (χ1n) is 8.37. The fraction of sp³-hybridized carbons (Fsp3) is 0.444. The number of nitrogens with zero attached hydrogens (tertiary/aromatic N) is 3. The molecule has 1 atom stereocenters. The van der Waals surface area contributed by atoms with Crippen molar-refractivity contribution in [3.8, 4) is 0 Å². The summed E-state index contributed by atoms with van der Waals surface area (Å²) in [6.45, 7) is 6.07. The van der Waals surface area contributed by atoms with Crippen molar-refractivity contribution < 1.29 is 9.32 Å². The van der Waals surface area contributed by atoms with E-state index in [2.05, 4.69) is 28.3 Å². The van der Waals surface area contributed by atoms with E-state index in [1.165, 1.54) is 10.5 Å². The van der Waals surface area contributed by atoms with Gasteiger partial charge in [-0.3, -0.25) is 9.69 Å². The van der Waals surface area contributed by atoms with Gasteiger partial charge < -0.3 is 9.42 Å². The lowest BCUT2D eigenvalue weighted by atomic mass is 10.1. The molecule has 6 heteroatoms. The fourth-order valence-electron chi connectivity index (χ4n) is 3.37. The summed E-state index contributed by atoms with van der Waals surface area (Å²) in [6.07, 6.45) is 0.859. The van der Waals surface area contributed by atoms with Gasteiger partial charge in [0.05, 0.1) is 10.9 Å². The average Bonchev–Trinajstić information content (AvgIpc) is 3.21. The lowest BCUT2D eigenvalue weighted by molar-refractivity contribution is -0.132. The standard InChI is InChI=1S/C18H21N3O2S/c1-13-10-15(19-23-13)12-20-6-8-21(9-7-20)18(22)17-11-14-4-2-3-5-16(14)24-17/h2-5,10,17H,6-9,11-12H2,1H3. The predicted octanol–water partition coefficient (Wildman–Crippen LogP) is 2.34. The fourth-order valence-corrected chi connectivity index (χ4v) is 4.65. The summed E-state index contributed by atoms with van der Waals surface area (Å²) in [5.41, 5.74) is 2.27. The number of carbonyl (C=O) groups excluding carboxylic acids is 1.